The molecule has 0 spiro atoms. The fourth-order valence-electron chi connectivity index (χ4n) is 0.788. The van der Waals surface area contributed by atoms with Crippen molar-refractivity contribution in [3.63, 3.8) is 0 Å². The lowest BCUT2D eigenvalue weighted by Crippen LogP contribution is -2.12. The van der Waals surface area contributed by atoms with Gasteiger partial charge in [0.2, 0.25) is 0 Å². The minimum absolute atomic E-state index is 0.338. The lowest BCUT2D eigenvalue weighted by molar-refractivity contribution is -0.138. The average molecular weight is 189 g/mol. The summed E-state index contributed by atoms with van der Waals surface area (Å²) in [6, 6.07) is 2.36. The van der Waals surface area contributed by atoms with Gasteiger partial charge in [-0.2, -0.15) is 0 Å². The van der Waals surface area contributed by atoms with Crippen molar-refractivity contribution in [3.05, 3.63) is 12.1 Å². The Morgan fingerprint density at radius 1 is 1.42 bits per heavy atom. The van der Waals surface area contributed by atoms with Crippen molar-refractivity contribution < 1.29 is 20.1 Å². The molecule has 6 heteroatoms. The highest BCUT2D eigenvalue weighted by molar-refractivity contribution is 7.81. The predicted molar refractivity (Wildman–Crippen MR) is 43.4 cm³/mol. The van der Waals surface area contributed by atoms with Gasteiger partial charge >= 0.3 is 5.97 Å². The van der Waals surface area contributed by atoms with Gasteiger partial charge in [0.25, 0.3) is 0 Å². The third kappa shape index (κ3) is 1.33. The van der Waals surface area contributed by atoms with Crippen LogP contribution < -0.4 is 0 Å². The van der Waals surface area contributed by atoms with Crippen LogP contribution in [0.2, 0.25) is 0 Å². The second kappa shape index (κ2) is 2.98. The van der Waals surface area contributed by atoms with Crippen molar-refractivity contribution in [2.75, 3.05) is 0 Å². The molecule has 3 N–H and O–H groups in total. The summed E-state index contributed by atoms with van der Waals surface area (Å²) in [5, 5.41) is 25.3. The number of aliphatic carboxylic acids is 1. The molecule has 12 heavy (non-hydrogen) atoms. The Balaban J connectivity index is 3.08. The molecular formula is C6H7NO4S. The topological polar surface area (TPSA) is 82.7 Å². The van der Waals surface area contributed by atoms with E-state index in [1.165, 1.54) is 12.1 Å². The fraction of sp³-hybridized carbons (Fsp3) is 0.167. The van der Waals surface area contributed by atoms with E-state index in [1.807, 2.05) is 0 Å². The first-order valence-electron chi connectivity index (χ1n) is 3.04. The molecule has 0 saturated heterocycles. The molecule has 0 aromatic carbocycles. The van der Waals surface area contributed by atoms with E-state index >= 15 is 0 Å². The number of aromatic nitrogens is 1. The maximum Gasteiger partial charge on any atom is 0.337 e. The SMILES string of the molecule is O=C(O)C(S)n1c(O)ccc1O. The van der Waals surface area contributed by atoms with E-state index in [9.17, 15) is 4.79 Å². The van der Waals surface area contributed by atoms with E-state index < -0.39 is 11.3 Å². The third-order valence-corrected chi connectivity index (χ3v) is 1.79. The number of hydrogen-bond acceptors (Lipinski definition) is 4. The summed E-state index contributed by atoms with van der Waals surface area (Å²) < 4.78 is 0.783. The second-order valence-corrected chi connectivity index (χ2v) is 2.62. The maximum absolute atomic E-state index is 10.4. The summed E-state index contributed by atoms with van der Waals surface area (Å²) in [5.41, 5.74) is 0. The summed E-state index contributed by atoms with van der Waals surface area (Å²) in [6.45, 7) is 0. The summed E-state index contributed by atoms with van der Waals surface area (Å²) in [5.74, 6) is -1.93. The molecular weight excluding hydrogens is 182 g/mol. The van der Waals surface area contributed by atoms with E-state index in [-0.39, 0.29) is 11.8 Å². The molecule has 0 radical (unpaired) electrons. The molecule has 1 atom stereocenters. The Bertz CT molecular complexity index is 289. The number of aromatic hydroxyl groups is 2. The lowest BCUT2D eigenvalue weighted by atomic mass is 10.6. The van der Waals surface area contributed by atoms with Gasteiger partial charge in [0, 0.05) is 12.1 Å². The number of nitrogens with zero attached hydrogens (tertiary/aromatic N) is 1. The van der Waals surface area contributed by atoms with Crippen LogP contribution in [-0.4, -0.2) is 25.9 Å². The molecule has 0 amide bonds. The number of rotatable bonds is 2. The van der Waals surface area contributed by atoms with Crippen molar-refractivity contribution in [1.29, 1.82) is 0 Å². The quantitative estimate of drug-likeness (QED) is 0.508. The second-order valence-electron chi connectivity index (χ2n) is 2.13. The van der Waals surface area contributed by atoms with Crippen LogP contribution in [0.15, 0.2) is 12.1 Å². The van der Waals surface area contributed by atoms with Gasteiger partial charge in [-0.05, 0) is 0 Å². The van der Waals surface area contributed by atoms with Gasteiger partial charge in [0.05, 0.1) is 0 Å². The first kappa shape index (κ1) is 8.79. The summed E-state index contributed by atoms with van der Waals surface area (Å²) in [7, 11) is 0. The summed E-state index contributed by atoms with van der Waals surface area (Å²) in [6.07, 6.45) is 0. The van der Waals surface area contributed by atoms with Crippen molar-refractivity contribution in [2.24, 2.45) is 0 Å². The molecule has 1 unspecified atom stereocenters. The standard InChI is InChI=1S/C6H7NO4S/c8-3-1-2-4(9)7(3)5(12)6(10)11/h1-2,5,8-9,12H,(H,10,11). The molecule has 66 valence electrons. The normalized spacial score (nSPS) is 12.8. The summed E-state index contributed by atoms with van der Waals surface area (Å²) in [4.78, 5) is 10.4. The fourth-order valence-corrected chi connectivity index (χ4v) is 1.02. The molecule has 1 aromatic heterocycles. The highest BCUT2D eigenvalue weighted by atomic mass is 32.1. The van der Waals surface area contributed by atoms with Crippen LogP contribution in [0, 0.1) is 0 Å². The maximum atomic E-state index is 10.4. The molecule has 0 bridgehead atoms. The third-order valence-electron chi connectivity index (χ3n) is 1.34. The molecule has 1 aromatic rings. The zero-order valence-corrected chi connectivity index (χ0v) is 6.77. The van der Waals surface area contributed by atoms with Crippen LogP contribution in [0.3, 0.4) is 0 Å². The van der Waals surface area contributed by atoms with Gasteiger partial charge in [-0.1, -0.05) is 0 Å². The van der Waals surface area contributed by atoms with E-state index in [4.69, 9.17) is 15.3 Å². The average Bonchev–Trinajstić information content (AvgIpc) is 2.30. The van der Waals surface area contributed by atoms with Gasteiger partial charge in [0.1, 0.15) is 0 Å². The Morgan fingerprint density at radius 2 is 1.83 bits per heavy atom. The number of carboxylic acids is 1. The molecule has 0 aliphatic rings. The van der Waals surface area contributed by atoms with Crippen molar-refractivity contribution in [2.45, 2.75) is 5.37 Å². The van der Waals surface area contributed by atoms with Crippen molar-refractivity contribution in [1.82, 2.24) is 4.57 Å². The zero-order chi connectivity index (χ0) is 9.30. The van der Waals surface area contributed by atoms with Gasteiger partial charge in [0.15, 0.2) is 17.1 Å². The number of thiol groups is 1. The Morgan fingerprint density at radius 3 is 2.17 bits per heavy atom. The molecule has 1 heterocycles. The smallest absolute Gasteiger partial charge is 0.337 e. The van der Waals surface area contributed by atoms with E-state index in [0.717, 1.165) is 4.57 Å². The number of carboxylic acid groups (broad SMARTS) is 1. The van der Waals surface area contributed by atoms with Crippen LogP contribution in [-0.2, 0) is 4.79 Å². The van der Waals surface area contributed by atoms with Gasteiger partial charge < -0.3 is 15.3 Å². The van der Waals surface area contributed by atoms with Crippen LogP contribution in [0.25, 0.3) is 0 Å². The molecule has 0 fully saturated rings. The van der Waals surface area contributed by atoms with Crippen molar-refractivity contribution in [3.8, 4) is 11.8 Å². The van der Waals surface area contributed by atoms with Gasteiger partial charge in [-0.3, -0.25) is 4.57 Å². The lowest BCUT2D eigenvalue weighted by Gasteiger charge is -2.09. The Labute approximate surface area is 73.3 Å². The van der Waals surface area contributed by atoms with Crippen LogP contribution in [0.5, 0.6) is 11.8 Å². The van der Waals surface area contributed by atoms with Gasteiger partial charge in [-0.25, -0.2) is 4.79 Å². The largest absolute Gasteiger partial charge is 0.494 e. The molecule has 0 saturated carbocycles. The minimum atomic E-state index is -1.28. The predicted octanol–water partition coefficient (Wildman–Crippen LogP) is 0.412. The number of hydrogen-bond donors (Lipinski definition) is 4. The monoisotopic (exact) mass is 189 g/mol. The molecule has 5 nitrogen and oxygen atoms in total. The highest BCUT2D eigenvalue weighted by Crippen LogP contribution is 2.28. The highest BCUT2D eigenvalue weighted by Gasteiger charge is 2.19. The van der Waals surface area contributed by atoms with Crippen LogP contribution >= 0.6 is 12.6 Å². The minimum Gasteiger partial charge on any atom is -0.494 e. The van der Waals surface area contributed by atoms with E-state index in [0.29, 0.717) is 0 Å². The zero-order valence-electron chi connectivity index (χ0n) is 5.88. The van der Waals surface area contributed by atoms with Gasteiger partial charge in [-0.15, -0.1) is 12.6 Å². The van der Waals surface area contributed by atoms with Crippen molar-refractivity contribution >= 4 is 18.6 Å². The first-order chi connectivity index (χ1) is 5.54. The Kier molecular flexibility index (Phi) is 2.18. The van der Waals surface area contributed by atoms with E-state index in [1.54, 1.807) is 0 Å². The van der Waals surface area contributed by atoms with E-state index in [2.05, 4.69) is 12.6 Å². The number of carbonyl (C=O) groups is 1. The molecule has 1 rings (SSSR count). The Hall–Kier alpha value is -1.30. The van der Waals surface area contributed by atoms with Crippen LogP contribution in [0.4, 0.5) is 0 Å². The summed E-state index contributed by atoms with van der Waals surface area (Å²) >= 11 is 3.66. The molecule has 0 aliphatic heterocycles. The first-order valence-corrected chi connectivity index (χ1v) is 3.55. The molecule has 0 aliphatic carbocycles. The van der Waals surface area contributed by atoms with Crippen LogP contribution in [0.1, 0.15) is 5.37 Å².